The second kappa shape index (κ2) is 11.3. The van der Waals surface area contributed by atoms with E-state index in [0.717, 1.165) is 50.4 Å². The van der Waals surface area contributed by atoms with Gasteiger partial charge in [0.05, 0.1) is 11.3 Å². The van der Waals surface area contributed by atoms with Crippen LogP contribution in [0.5, 0.6) is 0 Å². The Balaban J connectivity index is 0.00000320. The van der Waals surface area contributed by atoms with Gasteiger partial charge in [0.25, 0.3) is 0 Å². The third-order valence-corrected chi connectivity index (χ3v) is 4.57. The van der Waals surface area contributed by atoms with E-state index in [1.54, 1.807) is 13.3 Å². The summed E-state index contributed by atoms with van der Waals surface area (Å²) in [6.07, 6.45) is -1.54. The molecule has 3 rings (SSSR count). The van der Waals surface area contributed by atoms with E-state index >= 15 is 0 Å². The molecule has 0 aliphatic carbocycles. The Bertz CT molecular complexity index is 793. The minimum absolute atomic E-state index is 0. The number of guanidine groups is 1. The fraction of sp³-hybridized carbons (Fsp3) is 0.500. The Morgan fingerprint density at radius 2 is 1.97 bits per heavy atom. The number of hydrogen-bond acceptors (Lipinski definition) is 6. The Labute approximate surface area is 189 Å². The molecule has 0 spiro atoms. The van der Waals surface area contributed by atoms with Crippen molar-refractivity contribution >= 4 is 35.8 Å². The summed E-state index contributed by atoms with van der Waals surface area (Å²) in [4.78, 5) is 12.5. The van der Waals surface area contributed by atoms with E-state index in [-0.39, 0.29) is 36.3 Å². The van der Waals surface area contributed by atoms with E-state index < -0.39 is 11.7 Å². The van der Waals surface area contributed by atoms with Gasteiger partial charge in [0, 0.05) is 65.1 Å². The largest absolute Gasteiger partial charge is 0.419 e. The van der Waals surface area contributed by atoms with Gasteiger partial charge in [-0.3, -0.25) is 9.89 Å². The molecule has 3 heterocycles. The summed E-state index contributed by atoms with van der Waals surface area (Å²) in [6.45, 7) is 4.74. The standard InChI is InChI=1S/C18H24F3N7O.HI/c1-22-17(28-10-8-27(9-11-28)13-14-4-12-29-26-14)25-7-6-24-16-15(18(19,20)21)3-2-5-23-16;/h2-5,12H,6-11,13H2,1H3,(H,22,25)(H,23,24);1H. The lowest BCUT2D eigenvalue weighted by Gasteiger charge is -2.36. The van der Waals surface area contributed by atoms with Crippen molar-refractivity contribution in [3.8, 4) is 0 Å². The molecule has 2 aromatic rings. The predicted octanol–water partition coefficient (Wildman–Crippen LogP) is 2.51. The minimum atomic E-state index is -4.44. The number of aliphatic imine (C=N–C) groups is 1. The van der Waals surface area contributed by atoms with Crippen LogP contribution in [-0.4, -0.2) is 72.2 Å². The van der Waals surface area contributed by atoms with Gasteiger partial charge in [-0.15, -0.1) is 24.0 Å². The summed E-state index contributed by atoms with van der Waals surface area (Å²) in [7, 11) is 1.69. The number of pyridine rings is 1. The number of nitrogens with zero attached hydrogens (tertiary/aromatic N) is 5. The average Bonchev–Trinajstić information content (AvgIpc) is 3.21. The Kier molecular flexibility index (Phi) is 9.14. The third kappa shape index (κ3) is 6.72. The molecule has 0 radical (unpaired) electrons. The molecule has 0 bridgehead atoms. The molecule has 2 N–H and O–H groups in total. The highest BCUT2D eigenvalue weighted by Crippen LogP contribution is 2.33. The molecule has 12 heteroatoms. The van der Waals surface area contributed by atoms with E-state index in [1.807, 2.05) is 6.07 Å². The fourth-order valence-corrected chi connectivity index (χ4v) is 3.13. The molecule has 0 saturated carbocycles. The molecule has 1 aliphatic rings. The van der Waals surface area contributed by atoms with Crippen LogP contribution in [0, 0.1) is 0 Å². The molecule has 0 aromatic carbocycles. The first kappa shape index (κ1) is 24.2. The molecule has 8 nitrogen and oxygen atoms in total. The molecule has 0 amide bonds. The SMILES string of the molecule is CN=C(NCCNc1ncccc1C(F)(F)F)N1CCN(Cc2ccon2)CC1.I. The number of aromatic nitrogens is 2. The van der Waals surface area contributed by atoms with Gasteiger partial charge in [0.2, 0.25) is 0 Å². The van der Waals surface area contributed by atoms with Crippen molar-refractivity contribution in [1.82, 2.24) is 25.3 Å². The van der Waals surface area contributed by atoms with E-state index in [2.05, 4.69) is 35.6 Å². The van der Waals surface area contributed by atoms with Gasteiger partial charge in [-0.25, -0.2) is 4.98 Å². The fourth-order valence-electron chi connectivity index (χ4n) is 3.13. The quantitative estimate of drug-likeness (QED) is 0.253. The van der Waals surface area contributed by atoms with Crippen LogP contribution < -0.4 is 10.6 Å². The summed E-state index contributed by atoms with van der Waals surface area (Å²) in [5, 5.41) is 9.86. The maximum absolute atomic E-state index is 13.0. The summed E-state index contributed by atoms with van der Waals surface area (Å²) in [5.41, 5.74) is 0.132. The van der Waals surface area contributed by atoms with Gasteiger partial charge < -0.3 is 20.1 Å². The molecular weight excluding hydrogens is 514 g/mol. The molecular formula is C18H25F3IN7O. The first-order valence-electron chi connectivity index (χ1n) is 9.30. The van der Waals surface area contributed by atoms with Crippen LogP contribution in [0.3, 0.4) is 0 Å². The van der Waals surface area contributed by atoms with Crippen LogP contribution >= 0.6 is 24.0 Å². The summed E-state index contributed by atoms with van der Waals surface area (Å²) < 4.78 is 43.9. The summed E-state index contributed by atoms with van der Waals surface area (Å²) >= 11 is 0. The highest BCUT2D eigenvalue weighted by atomic mass is 127. The van der Waals surface area contributed by atoms with Crippen LogP contribution in [0.2, 0.25) is 0 Å². The third-order valence-electron chi connectivity index (χ3n) is 4.57. The van der Waals surface area contributed by atoms with Gasteiger partial charge in [0.1, 0.15) is 12.1 Å². The van der Waals surface area contributed by atoms with Crippen LogP contribution in [0.25, 0.3) is 0 Å². The second-order valence-corrected chi connectivity index (χ2v) is 6.55. The van der Waals surface area contributed by atoms with Gasteiger partial charge in [-0.05, 0) is 12.1 Å². The zero-order valence-electron chi connectivity index (χ0n) is 16.5. The summed E-state index contributed by atoms with van der Waals surface area (Å²) in [6, 6.07) is 4.14. The average molecular weight is 539 g/mol. The maximum Gasteiger partial charge on any atom is 0.419 e. The van der Waals surface area contributed by atoms with Gasteiger partial charge >= 0.3 is 6.18 Å². The number of rotatable bonds is 6. The van der Waals surface area contributed by atoms with Crippen LogP contribution in [0.15, 0.2) is 40.2 Å². The first-order valence-corrected chi connectivity index (χ1v) is 9.30. The topological polar surface area (TPSA) is 81.8 Å². The monoisotopic (exact) mass is 539 g/mol. The van der Waals surface area contributed by atoms with Crippen molar-refractivity contribution in [2.45, 2.75) is 12.7 Å². The number of anilines is 1. The lowest BCUT2D eigenvalue weighted by Crippen LogP contribution is -2.52. The lowest BCUT2D eigenvalue weighted by atomic mass is 10.2. The van der Waals surface area contributed by atoms with Gasteiger partial charge in [-0.2, -0.15) is 13.2 Å². The van der Waals surface area contributed by atoms with E-state index in [0.29, 0.717) is 6.54 Å². The zero-order chi connectivity index (χ0) is 20.7. The van der Waals surface area contributed by atoms with Crippen molar-refractivity contribution in [3.63, 3.8) is 0 Å². The number of piperazine rings is 1. The smallest absolute Gasteiger partial charge is 0.368 e. The number of alkyl halides is 3. The Morgan fingerprint density at radius 1 is 1.20 bits per heavy atom. The second-order valence-electron chi connectivity index (χ2n) is 6.55. The molecule has 0 atom stereocenters. The highest BCUT2D eigenvalue weighted by Gasteiger charge is 2.33. The minimum Gasteiger partial charge on any atom is -0.368 e. The van der Waals surface area contributed by atoms with E-state index in [1.165, 1.54) is 12.3 Å². The number of hydrogen-bond donors (Lipinski definition) is 2. The van der Waals surface area contributed by atoms with Crippen molar-refractivity contribution in [2.75, 3.05) is 51.6 Å². The molecule has 1 aliphatic heterocycles. The Morgan fingerprint density at radius 3 is 2.60 bits per heavy atom. The number of halogens is 4. The molecule has 1 fully saturated rings. The predicted molar refractivity (Wildman–Crippen MR) is 118 cm³/mol. The van der Waals surface area contributed by atoms with Crippen molar-refractivity contribution in [2.24, 2.45) is 4.99 Å². The summed E-state index contributed by atoms with van der Waals surface area (Å²) in [5.74, 6) is 0.559. The molecule has 30 heavy (non-hydrogen) atoms. The Hall–Kier alpha value is -2.09. The van der Waals surface area contributed by atoms with Crippen molar-refractivity contribution in [1.29, 1.82) is 0 Å². The normalized spacial score (nSPS) is 15.6. The molecule has 1 saturated heterocycles. The van der Waals surface area contributed by atoms with Crippen LogP contribution in [0.1, 0.15) is 11.3 Å². The van der Waals surface area contributed by atoms with E-state index in [9.17, 15) is 13.2 Å². The molecule has 0 unspecified atom stereocenters. The molecule has 166 valence electrons. The molecule has 2 aromatic heterocycles. The number of nitrogens with one attached hydrogen (secondary N) is 2. The van der Waals surface area contributed by atoms with Crippen molar-refractivity contribution in [3.05, 3.63) is 41.9 Å². The van der Waals surface area contributed by atoms with E-state index in [4.69, 9.17) is 4.52 Å². The van der Waals surface area contributed by atoms with Gasteiger partial charge in [-0.1, -0.05) is 5.16 Å². The zero-order valence-corrected chi connectivity index (χ0v) is 18.9. The first-order chi connectivity index (χ1) is 14.0. The van der Waals surface area contributed by atoms with Crippen LogP contribution in [0.4, 0.5) is 19.0 Å². The van der Waals surface area contributed by atoms with Gasteiger partial charge in [0.15, 0.2) is 5.96 Å². The van der Waals surface area contributed by atoms with Crippen molar-refractivity contribution < 1.29 is 17.7 Å². The van der Waals surface area contributed by atoms with Crippen LogP contribution in [-0.2, 0) is 12.7 Å². The highest BCUT2D eigenvalue weighted by molar-refractivity contribution is 14.0. The maximum atomic E-state index is 13.0. The lowest BCUT2D eigenvalue weighted by molar-refractivity contribution is -0.137.